The van der Waals surface area contributed by atoms with E-state index in [2.05, 4.69) is 16.0 Å². The first-order valence-corrected chi connectivity index (χ1v) is 10.9. The quantitative estimate of drug-likeness (QED) is 0.505. The molecule has 1 saturated heterocycles. The second-order valence-corrected chi connectivity index (χ2v) is 8.51. The molecule has 2 heterocycles. The summed E-state index contributed by atoms with van der Waals surface area (Å²) in [5.41, 5.74) is 1.07. The molecular weight excluding hydrogens is 466 g/mol. The molecule has 1 aliphatic rings. The van der Waals surface area contributed by atoms with Crippen molar-refractivity contribution in [3.8, 4) is 0 Å². The molecule has 0 bridgehead atoms. The maximum absolute atomic E-state index is 12.7. The van der Waals surface area contributed by atoms with E-state index in [0.29, 0.717) is 33.7 Å². The molecule has 0 aliphatic carbocycles. The molecule has 1 atom stereocenters. The maximum atomic E-state index is 12.7. The Balaban J connectivity index is 1.61. The molecular formula is C20H21ClF2N4O4S. The van der Waals surface area contributed by atoms with Crippen molar-refractivity contribution < 1.29 is 27.9 Å². The molecule has 3 N–H and O–H groups in total. The van der Waals surface area contributed by atoms with Gasteiger partial charge >= 0.3 is 0 Å². The summed E-state index contributed by atoms with van der Waals surface area (Å²) < 4.78 is 30.9. The van der Waals surface area contributed by atoms with Crippen LogP contribution in [0.1, 0.15) is 9.67 Å². The fourth-order valence-corrected chi connectivity index (χ4v) is 3.91. The Bertz CT molecular complexity index is 957. The molecule has 1 fully saturated rings. The molecule has 12 heteroatoms. The standard InChI is InChI=1S/C20H21ClF2N4O4S/c21-16-6-5-15(32-16)20(30)25-9-14(24-10-17(22)23)19(29)26-12-1-3-13(4-2-12)27-7-8-31-11-18(27)28/h1-6,14,17,24H,7-11H2,(H,25,30)(H,26,29)/t14-/m0/s1. The molecule has 0 spiro atoms. The van der Waals surface area contributed by atoms with Crippen LogP contribution in [0.5, 0.6) is 0 Å². The summed E-state index contributed by atoms with van der Waals surface area (Å²) in [6, 6.07) is 8.55. The highest BCUT2D eigenvalue weighted by atomic mass is 35.5. The lowest BCUT2D eigenvalue weighted by atomic mass is 10.2. The molecule has 32 heavy (non-hydrogen) atoms. The number of rotatable bonds is 9. The van der Waals surface area contributed by atoms with Crippen molar-refractivity contribution in [3.05, 3.63) is 45.6 Å². The van der Waals surface area contributed by atoms with Gasteiger partial charge in [-0.15, -0.1) is 11.3 Å². The van der Waals surface area contributed by atoms with Gasteiger partial charge in [-0.25, -0.2) is 8.78 Å². The Morgan fingerprint density at radius 2 is 1.91 bits per heavy atom. The van der Waals surface area contributed by atoms with Gasteiger partial charge in [0, 0.05) is 24.5 Å². The Hall–Kier alpha value is -2.60. The topological polar surface area (TPSA) is 99.8 Å². The molecule has 1 aromatic carbocycles. The highest BCUT2D eigenvalue weighted by Gasteiger charge is 2.23. The number of morpholine rings is 1. The van der Waals surface area contributed by atoms with Gasteiger partial charge in [0.05, 0.1) is 22.4 Å². The lowest BCUT2D eigenvalue weighted by molar-refractivity contribution is -0.125. The Kier molecular flexibility index (Phi) is 8.51. The van der Waals surface area contributed by atoms with Crippen LogP contribution < -0.4 is 20.9 Å². The number of carbonyl (C=O) groups excluding carboxylic acids is 3. The highest BCUT2D eigenvalue weighted by Crippen LogP contribution is 2.21. The van der Waals surface area contributed by atoms with Crippen LogP contribution in [-0.4, -0.2) is 63.0 Å². The smallest absolute Gasteiger partial charge is 0.261 e. The molecule has 3 amide bonds. The summed E-state index contributed by atoms with van der Waals surface area (Å²) in [6.07, 6.45) is -2.66. The highest BCUT2D eigenvalue weighted by molar-refractivity contribution is 7.18. The summed E-state index contributed by atoms with van der Waals surface area (Å²) in [7, 11) is 0. The van der Waals surface area contributed by atoms with Gasteiger partial charge in [0.1, 0.15) is 12.6 Å². The van der Waals surface area contributed by atoms with E-state index >= 15 is 0 Å². The Labute approximate surface area is 191 Å². The number of hydrogen-bond acceptors (Lipinski definition) is 6. The minimum atomic E-state index is -2.66. The van der Waals surface area contributed by atoms with Gasteiger partial charge in [-0.05, 0) is 36.4 Å². The average Bonchev–Trinajstić information content (AvgIpc) is 3.21. The van der Waals surface area contributed by atoms with Crippen molar-refractivity contribution in [3.63, 3.8) is 0 Å². The molecule has 172 valence electrons. The lowest BCUT2D eigenvalue weighted by Gasteiger charge is -2.27. The third-order valence-corrected chi connectivity index (χ3v) is 5.76. The fraction of sp³-hybridized carbons (Fsp3) is 0.350. The van der Waals surface area contributed by atoms with E-state index in [0.717, 1.165) is 11.3 Å². The molecule has 1 aromatic heterocycles. The van der Waals surface area contributed by atoms with Crippen LogP contribution in [0.25, 0.3) is 0 Å². The normalized spacial score (nSPS) is 15.0. The summed E-state index contributed by atoms with van der Waals surface area (Å²) in [5, 5.41) is 7.63. The van der Waals surface area contributed by atoms with Gasteiger partial charge in [0.2, 0.25) is 5.91 Å². The number of thiophene rings is 1. The zero-order valence-electron chi connectivity index (χ0n) is 16.8. The number of nitrogens with zero attached hydrogens (tertiary/aromatic N) is 1. The molecule has 2 aromatic rings. The van der Waals surface area contributed by atoms with Crippen LogP contribution in [0, 0.1) is 0 Å². The molecule has 8 nitrogen and oxygen atoms in total. The summed E-state index contributed by atoms with van der Waals surface area (Å²) in [6.45, 7) is -0.0338. The van der Waals surface area contributed by atoms with Gasteiger partial charge in [-0.2, -0.15) is 0 Å². The van der Waals surface area contributed by atoms with Crippen molar-refractivity contribution in [2.75, 3.05) is 43.1 Å². The molecule has 3 rings (SSSR count). The second kappa shape index (κ2) is 11.3. The number of hydrogen-bond donors (Lipinski definition) is 3. The predicted octanol–water partition coefficient (Wildman–Crippen LogP) is 2.36. The molecule has 1 aliphatic heterocycles. The van der Waals surface area contributed by atoms with Crippen LogP contribution >= 0.6 is 22.9 Å². The third-order valence-electron chi connectivity index (χ3n) is 4.53. The fourth-order valence-electron chi connectivity index (χ4n) is 2.95. The zero-order chi connectivity index (χ0) is 23.1. The van der Waals surface area contributed by atoms with E-state index in [-0.39, 0.29) is 19.1 Å². The van der Waals surface area contributed by atoms with Crippen molar-refractivity contribution in [1.29, 1.82) is 0 Å². The van der Waals surface area contributed by atoms with Crippen molar-refractivity contribution in [1.82, 2.24) is 10.6 Å². The number of nitrogens with one attached hydrogen (secondary N) is 3. The van der Waals surface area contributed by atoms with E-state index in [1.165, 1.54) is 6.07 Å². The number of ether oxygens (including phenoxy) is 1. The number of anilines is 2. The summed E-state index contributed by atoms with van der Waals surface area (Å²) >= 11 is 6.88. The number of carbonyl (C=O) groups is 3. The minimum absolute atomic E-state index is 0.0133. The number of halogens is 3. The van der Waals surface area contributed by atoms with Gasteiger partial charge in [0.15, 0.2) is 0 Å². The van der Waals surface area contributed by atoms with E-state index in [1.807, 2.05) is 0 Å². The van der Waals surface area contributed by atoms with Crippen LogP contribution in [0.15, 0.2) is 36.4 Å². The van der Waals surface area contributed by atoms with Crippen LogP contribution in [0.3, 0.4) is 0 Å². The molecule has 0 saturated carbocycles. The first-order valence-electron chi connectivity index (χ1n) is 9.67. The van der Waals surface area contributed by atoms with E-state index in [1.54, 1.807) is 35.2 Å². The van der Waals surface area contributed by atoms with Crippen LogP contribution in [0.4, 0.5) is 20.2 Å². The van der Waals surface area contributed by atoms with Gasteiger partial charge in [0.25, 0.3) is 18.2 Å². The van der Waals surface area contributed by atoms with Crippen LogP contribution in [0.2, 0.25) is 4.34 Å². The average molecular weight is 487 g/mol. The maximum Gasteiger partial charge on any atom is 0.261 e. The second-order valence-electron chi connectivity index (χ2n) is 6.80. The Morgan fingerprint density at radius 3 is 2.53 bits per heavy atom. The molecule has 0 unspecified atom stereocenters. The van der Waals surface area contributed by atoms with Crippen molar-refractivity contribution in [2.45, 2.75) is 12.5 Å². The zero-order valence-corrected chi connectivity index (χ0v) is 18.3. The largest absolute Gasteiger partial charge is 0.370 e. The molecule has 0 radical (unpaired) electrons. The lowest BCUT2D eigenvalue weighted by Crippen LogP contribution is -2.49. The first kappa shape index (κ1) is 24.1. The van der Waals surface area contributed by atoms with Gasteiger partial charge in [-0.3, -0.25) is 19.7 Å². The van der Waals surface area contributed by atoms with E-state index < -0.39 is 30.8 Å². The van der Waals surface area contributed by atoms with E-state index in [4.69, 9.17) is 16.3 Å². The number of amides is 3. The van der Waals surface area contributed by atoms with E-state index in [9.17, 15) is 23.2 Å². The number of benzene rings is 1. The van der Waals surface area contributed by atoms with Crippen molar-refractivity contribution in [2.24, 2.45) is 0 Å². The van der Waals surface area contributed by atoms with Gasteiger partial charge in [-0.1, -0.05) is 11.6 Å². The summed E-state index contributed by atoms with van der Waals surface area (Å²) in [4.78, 5) is 38.7. The van der Waals surface area contributed by atoms with Crippen molar-refractivity contribution >= 4 is 52.0 Å². The van der Waals surface area contributed by atoms with Gasteiger partial charge < -0.3 is 20.3 Å². The monoisotopic (exact) mass is 486 g/mol. The minimum Gasteiger partial charge on any atom is -0.370 e. The SMILES string of the molecule is O=C(NC[C@H](NCC(F)F)C(=O)Nc1ccc(N2CCOCC2=O)cc1)c1ccc(Cl)s1. The number of alkyl halides is 2. The summed E-state index contributed by atoms with van der Waals surface area (Å²) in [5.74, 6) is -1.21. The Morgan fingerprint density at radius 1 is 1.16 bits per heavy atom. The van der Waals surface area contributed by atoms with Crippen LogP contribution in [-0.2, 0) is 14.3 Å². The third kappa shape index (κ3) is 6.70. The predicted molar refractivity (Wildman–Crippen MR) is 118 cm³/mol. The first-order chi connectivity index (χ1) is 15.3.